The van der Waals surface area contributed by atoms with E-state index in [4.69, 9.17) is 34.8 Å². The maximum atomic E-state index is 13.9. The second-order valence-corrected chi connectivity index (χ2v) is 12.4. The maximum Gasteiger partial charge on any atom is 0.264 e. The van der Waals surface area contributed by atoms with E-state index in [1.165, 1.54) is 29.2 Å². The van der Waals surface area contributed by atoms with Gasteiger partial charge in [0.15, 0.2) is 0 Å². The molecule has 0 aliphatic rings. The summed E-state index contributed by atoms with van der Waals surface area (Å²) in [5.74, 6) is -1.02. The van der Waals surface area contributed by atoms with Gasteiger partial charge >= 0.3 is 0 Å². The molecule has 0 fully saturated rings. The van der Waals surface area contributed by atoms with E-state index < -0.39 is 28.5 Å². The highest BCUT2D eigenvalue weighted by Crippen LogP contribution is 2.35. The Kier molecular flexibility index (Phi) is 10.3. The number of benzene rings is 3. The van der Waals surface area contributed by atoms with Crippen LogP contribution in [0.3, 0.4) is 0 Å². The van der Waals surface area contributed by atoms with Crippen LogP contribution in [-0.2, 0) is 26.2 Å². The highest BCUT2D eigenvalue weighted by molar-refractivity contribution is 7.92. The molecule has 0 spiro atoms. The molecular weight excluding hydrogens is 581 g/mol. The molecule has 0 saturated carbocycles. The van der Waals surface area contributed by atoms with Gasteiger partial charge in [-0.3, -0.25) is 13.9 Å². The Labute approximate surface area is 244 Å². The van der Waals surface area contributed by atoms with E-state index in [-0.39, 0.29) is 39.1 Å². The zero-order valence-corrected chi connectivity index (χ0v) is 25.1. The zero-order chi connectivity index (χ0) is 28.9. The van der Waals surface area contributed by atoms with Crippen LogP contribution < -0.4 is 9.62 Å². The van der Waals surface area contributed by atoms with E-state index in [1.807, 2.05) is 20.8 Å². The fourth-order valence-electron chi connectivity index (χ4n) is 3.83. The van der Waals surface area contributed by atoms with E-state index in [0.717, 1.165) is 9.87 Å². The lowest BCUT2D eigenvalue weighted by atomic mass is 10.1. The SMILES string of the molecule is Cc1ccc(S(=O)(=O)N(CC(=O)N(Cc2ccccc2Cl)[C@@H](C)C(=O)NC(C)C)c2cccc(Cl)c2Cl)cc1. The van der Waals surface area contributed by atoms with Gasteiger partial charge in [-0.1, -0.05) is 76.8 Å². The molecule has 1 N–H and O–H groups in total. The van der Waals surface area contributed by atoms with Crippen molar-refractivity contribution in [1.82, 2.24) is 10.2 Å². The third-order valence-electron chi connectivity index (χ3n) is 5.98. The van der Waals surface area contributed by atoms with Gasteiger partial charge in [-0.25, -0.2) is 8.42 Å². The minimum absolute atomic E-state index is 0.0209. The first-order valence-corrected chi connectivity index (χ1v) is 14.8. The number of carbonyl (C=O) groups excluding carboxylic acids is 2. The molecular formula is C28H30Cl3N3O4S. The molecule has 11 heteroatoms. The summed E-state index contributed by atoms with van der Waals surface area (Å²) in [6.45, 7) is 6.37. The Morgan fingerprint density at radius 1 is 0.872 bits per heavy atom. The number of nitrogens with zero attached hydrogens (tertiary/aromatic N) is 2. The lowest BCUT2D eigenvalue weighted by Crippen LogP contribution is -2.52. The molecule has 0 aliphatic carbocycles. The molecule has 3 aromatic rings. The van der Waals surface area contributed by atoms with Gasteiger partial charge in [0.25, 0.3) is 10.0 Å². The van der Waals surface area contributed by atoms with Gasteiger partial charge in [0.05, 0.1) is 20.6 Å². The first-order valence-electron chi connectivity index (χ1n) is 12.2. The molecule has 0 heterocycles. The zero-order valence-electron chi connectivity index (χ0n) is 22.0. The molecule has 7 nitrogen and oxygen atoms in total. The number of hydrogen-bond acceptors (Lipinski definition) is 4. The Balaban J connectivity index is 2.09. The first-order chi connectivity index (χ1) is 18.3. The van der Waals surface area contributed by atoms with Crippen LogP contribution in [0.25, 0.3) is 0 Å². The van der Waals surface area contributed by atoms with E-state index >= 15 is 0 Å². The number of halogens is 3. The molecule has 3 rings (SSSR count). The van der Waals surface area contributed by atoms with Crippen molar-refractivity contribution in [1.29, 1.82) is 0 Å². The van der Waals surface area contributed by atoms with Crippen LogP contribution in [-0.4, -0.2) is 43.8 Å². The largest absolute Gasteiger partial charge is 0.352 e. The van der Waals surface area contributed by atoms with E-state index in [9.17, 15) is 18.0 Å². The van der Waals surface area contributed by atoms with Crippen molar-refractivity contribution in [3.05, 3.63) is 92.9 Å². The second kappa shape index (κ2) is 13.0. The normalized spacial score (nSPS) is 12.2. The van der Waals surface area contributed by atoms with Crippen LogP contribution in [0.2, 0.25) is 15.1 Å². The Hall–Kier alpha value is -2.78. The average Bonchev–Trinajstić information content (AvgIpc) is 2.88. The molecule has 0 bridgehead atoms. The monoisotopic (exact) mass is 609 g/mol. The van der Waals surface area contributed by atoms with Gasteiger partial charge in [0, 0.05) is 17.6 Å². The number of hydrogen-bond donors (Lipinski definition) is 1. The minimum Gasteiger partial charge on any atom is -0.352 e. The highest BCUT2D eigenvalue weighted by Gasteiger charge is 2.34. The van der Waals surface area contributed by atoms with Crippen LogP contribution >= 0.6 is 34.8 Å². The summed E-state index contributed by atoms with van der Waals surface area (Å²) in [7, 11) is -4.27. The number of amides is 2. The molecule has 0 radical (unpaired) electrons. The molecule has 3 aromatic carbocycles. The molecule has 2 amide bonds. The summed E-state index contributed by atoms with van der Waals surface area (Å²) in [6, 6.07) is 16.6. The van der Waals surface area contributed by atoms with Crippen molar-refractivity contribution in [2.75, 3.05) is 10.8 Å². The second-order valence-electron chi connectivity index (χ2n) is 9.35. The molecule has 0 unspecified atom stereocenters. The van der Waals surface area contributed by atoms with Gasteiger partial charge in [-0.15, -0.1) is 0 Å². The Bertz CT molecular complexity index is 1450. The van der Waals surface area contributed by atoms with Gasteiger partial charge in [-0.05, 0) is 63.6 Å². The van der Waals surface area contributed by atoms with Crippen LogP contribution in [0.1, 0.15) is 31.9 Å². The van der Waals surface area contributed by atoms with Crippen LogP contribution in [0.5, 0.6) is 0 Å². The van der Waals surface area contributed by atoms with Crippen LogP contribution in [0, 0.1) is 6.92 Å². The summed E-state index contributed by atoms with van der Waals surface area (Å²) in [5, 5.41) is 3.32. The number of aryl methyl sites for hydroxylation is 1. The maximum absolute atomic E-state index is 13.9. The topological polar surface area (TPSA) is 86.8 Å². The highest BCUT2D eigenvalue weighted by atomic mass is 35.5. The summed E-state index contributed by atoms with van der Waals surface area (Å²) in [4.78, 5) is 28.2. The first kappa shape index (κ1) is 30.8. The number of carbonyl (C=O) groups is 2. The van der Waals surface area contributed by atoms with Crippen molar-refractivity contribution in [2.24, 2.45) is 0 Å². The lowest BCUT2D eigenvalue weighted by Gasteiger charge is -2.32. The van der Waals surface area contributed by atoms with Crippen molar-refractivity contribution in [3.8, 4) is 0 Å². The van der Waals surface area contributed by atoms with Gasteiger partial charge in [-0.2, -0.15) is 0 Å². The van der Waals surface area contributed by atoms with Gasteiger partial charge < -0.3 is 10.2 Å². The van der Waals surface area contributed by atoms with Crippen molar-refractivity contribution in [3.63, 3.8) is 0 Å². The number of nitrogens with one attached hydrogen (secondary N) is 1. The van der Waals surface area contributed by atoms with Crippen molar-refractivity contribution >= 4 is 62.3 Å². The smallest absolute Gasteiger partial charge is 0.264 e. The third-order valence-corrected chi connectivity index (χ3v) is 8.94. The number of sulfonamides is 1. The minimum atomic E-state index is -4.27. The van der Waals surface area contributed by atoms with Crippen LogP contribution in [0.15, 0.2) is 71.6 Å². The standard InChI is InChI=1S/C28H30Cl3N3O4S/c1-18(2)32-28(36)20(4)33(16-21-8-5-6-9-23(21)29)26(35)17-34(25-11-7-10-24(30)27(25)31)39(37,38)22-14-12-19(3)13-15-22/h5-15,18,20H,16-17H2,1-4H3,(H,32,36)/t20-/m0/s1. The molecule has 0 aromatic heterocycles. The van der Waals surface area contributed by atoms with Crippen molar-refractivity contribution < 1.29 is 18.0 Å². The number of anilines is 1. The predicted molar refractivity (Wildman–Crippen MR) is 157 cm³/mol. The molecule has 1 atom stereocenters. The lowest BCUT2D eigenvalue weighted by molar-refractivity contribution is -0.139. The van der Waals surface area contributed by atoms with Gasteiger partial charge in [0.1, 0.15) is 12.6 Å². The van der Waals surface area contributed by atoms with E-state index in [2.05, 4.69) is 5.32 Å². The Morgan fingerprint density at radius 2 is 1.49 bits per heavy atom. The van der Waals surface area contributed by atoms with Crippen molar-refractivity contribution in [2.45, 2.75) is 51.2 Å². The predicted octanol–water partition coefficient (Wildman–Crippen LogP) is 6.09. The van der Waals surface area contributed by atoms with Gasteiger partial charge in [0.2, 0.25) is 11.8 Å². The molecule has 39 heavy (non-hydrogen) atoms. The molecule has 208 valence electrons. The summed E-state index contributed by atoms with van der Waals surface area (Å²) in [6.07, 6.45) is 0. The van der Waals surface area contributed by atoms with Crippen LogP contribution in [0.4, 0.5) is 5.69 Å². The van der Waals surface area contributed by atoms with E-state index in [0.29, 0.717) is 10.6 Å². The van der Waals surface area contributed by atoms with E-state index in [1.54, 1.807) is 49.4 Å². The quantitative estimate of drug-likeness (QED) is 0.301. The molecule has 0 saturated heterocycles. The summed E-state index contributed by atoms with van der Waals surface area (Å²) in [5.41, 5.74) is 1.51. The third kappa shape index (κ3) is 7.45. The fraction of sp³-hybridized carbons (Fsp3) is 0.286. The summed E-state index contributed by atoms with van der Waals surface area (Å²) >= 11 is 19.0. The Morgan fingerprint density at radius 3 is 2.10 bits per heavy atom. The summed E-state index contributed by atoms with van der Waals surface area (Å²) < 4.78 is 28.7. The molecule has 0 aliphatic heterocycles. The average molecular weight is 611 g/mol. The fourth-order valence-corrected chi connectivity index (χ4v) is 5.90. The number of rotatable bonds is 10.